The Bertz CT molecular complexity index is 862. The molecule has 9 heteroatoms. The van der Waals surface area contributed by atoms with Gasteiger partial charge in [-0.25, -0.2) is 8.42 Å². The highest BCUT2D eigenvalue weighted by Crippen LogP contribution is 2.26. The first-order valence-electron chi connectivity index (χ1n) is 8.55. The number of piperidine rings is 1. The van der Waals surface area contributed by atoms with Crippen LogP contribution < -0.4 is 4.74 Å². The molecule has 1 aliphatic rings. The van der Waals surface area contributed by atoms with Crippen LogP contribution in [0.3, 0.4) is 0 Å². The Kier molecular flexibility index (Phi) is 6.75. The summed E-state index contributed by atoms with van der Waals surface area (Å²) >= 11 is 7.07. The fraction of sp³-hybridized carbons (Fsp3) is 0.389. The van der Waals surface area contributed by atoms with E-state index >= 15 is 0 Å². The number of nitrogens with zero attached hydrogens (tertiary/aromatic N) is 1. The third-order valence-electron chi connectivity index (χ3n) is 4.27. The minimum atomic E-state index is -3.45. The van der Waals surface area contributed by atoms with Gasteiger partial charge >= 0.3 is 5.97 Å². The van der Waals surface area contributed by atoms with Gasteiger partial charge in [0.25, 0.3) is 10.0 Å². The van der Waals surface area contributed by atoms with E-state index in [1.807, 2.05) is 0 Å². The third kappa shape index (κ3) is 5.22. The van der Waals surface area contributed by atoms with E-state index in [0.717, 1.165) is 0 Å². The molecule has 1 aromatic heterocycles. The summed E-state index contributed by atoms with van der Waals surface area (Å²) in [5, 5.41) is 2.32. The van der Waals surface area contributed by atoms with E-state index in [1.54, 1.807) is 41.8 Å². The maximum atomic E-state index is 12.5. The van der Waals surface area contributed by atoms with Gasteiger partial charge in [0.15, 0.2) is 0 Å². The van der Waals surface area contributed by atoms with Crippen LogP contribution in [0.2, 0.25) is 5.02 Å². The molecule has 2 aromatic rings. The second-order valence-electron chi connectivity index (χ2n) is 6.08. The largest absolute Gasteiger partial charge is 0.490 e. The van der Waals surface area contributed by atoms with Crippen molar-refractivity contribution in [2.75, 3.05) is 26.3 Å². The molecule has 0 atom stereocenters. The van der Waals surface area contributed by atoms with E-state index in [-0.39, 0.29) is 25.1 Å². The fourth-order valence-corrected chi connectivity index (χ4v) is 5.64. The summed E-state index contributed by atoms with van der Waals surface area (Å²) in [6, 6.07) is 10.3. The van der Waals surface area contributed by atoms with Gasteiger partial charge in [-0.2, -0.15) is 4.31 Å². The number of hydrogen-bond acceptors (Lipinski definition) is 6. The van der Waals surface area contributed by atoms with Crippen molar-refractivity contribution >= 4 is 38.9 Å². The van der Waals surface area contributed by atoms with E-state index in [4.69, 9.17) is 21.1 Å². The number of hydrogen-bond donors (Lipinski definition) is 0. The second-order valence-corrected chi connectivity index (χ2v) is 9.63. The molecule has 3 rings (SSSR count). The monoisotopic (exact) mass is 429 g/mol. The average molecular weight is 430 g/mol. The summed E-state index contributed by atoms with van der Waals surface area (Å²) in [5.41, 5.74) is 0. The molecule has 0 radical (unpaired) electrons. The molecule has 1 aromatic carbocycles. The van der Waals surface area contributed by atoms with Crippen LogP contribution in [0.25, 0.3) is 0 Å². The highest BCUT2D eigenvalue weighted by molar-refractivity contribution is 7.91. The number of halogens is 1. The molecular weight excluding hydrogens is 410 g/mol. The number of esters is 1. The number of ether oxygens (including phenoxy) is 2. The first-order chi connectivity index (χ1) is 13.0. The number of benzene rings is 1. The summed E-state index contributed by atoms with van der Waals surface area (Å²) in [6.45, 7) is 1.01. The molecule has 2 heterocycles. The van der Waals surface area contributed by atoms with Crippen molar-refractivity contribution in [2.45, 2.75) is 17.1 Å². The van der Waals surface area contributed by atoms with Crippen LogP contribution in [0.15, 0.2) is 46.0 Å². The Hall–Kier alpha value is -1.61. The van der Waals surface area contributed by atoms with Crippen molar-refractivity contribution in [1.29, 1.82) is 0 Å². The molecule has 0 bridgehead atoms. The van der Waals surface area contributed by atoms with Crippen LogP contribution in [0.5, 0.6) is 5.75 Å². The number of carbonyl (C=O) groups excluding carboxylic acids is 1. The van der Waals surface area contributed by atoms with Crippen molar-refractivity contribution < 1.29 is 22.7 Å². The van der Waals surface area contributed by atoms with Gasteiger partial charge in [0.2, 0.25) is 0 Å². The average Bonchev–Trinajstić information content (AvgIpc) is 3.21. The zero-order valence-corrected chi connectivity index (χ0v) is 16.9. The molecule has 0 saturated carbocycles. The van der Waals surface area contributed by atoms with Gasteiger partial charge in [-0.3, -0.25) is 4.79 Å². The summed E-state index contributed by atoms with van der Waals surface area (Å²) < 4.78 is 37.5. The lowest BCUT2D eigenvalue weighted by molar-refractivity contribution is -0.150. The van der Waals surface area contributed by atoms with Crippen molar-refractivity contribution in [1.82, 2.24) is 4.31 Å². The Labute approximate surface area is 167 Å². The van der Waals surface area contributed by atoms with Crippen LogP contribution in [-0.4, -0.2) is 45.0 Å². The third-order valence-corrected chi connectivity index (χ3v) is 7.78. The summed E-state index contributed by atoms with van der Waals surface area (Å²) in [7, 11) is -3.45. The minimum absolute atomic E-state index is 0.138. The maximum Gasteiger partial charge on any atom is 0.309 e. The smallest absolute Gasteiger partial charge is 0.309 e. The Morgan fingerprint density at radius 3 is 2.63 bits per heavy atom. The van der Waals surface area contributed by atoms with Gasteiger partial charge in [-0.15, -0.1) is 11.3 Å². The predicted octanol–water partition coefficient (Wildman–Crippen LogP) is 3.42. The number of carbonyl (C=O) groups is 1. The highest BCUT2D eigenvalue weighted by atomic mass is 35.5. The molecule has 146 valence electrons. The Balaban J connectivity index is 1.41. The van der Waals surface area contributed by atoms with Crippen LogP contribution in [-0.2, 0) is 19.6 Å². The van der Waals surface area contributed by atoms with Gasteiger partial charge in [0.05, 0.1) is 5.92 Å². The molecule has 1 saturated heterocycles. The van der Waals surface area contributed by atoms with E-state index in [9.17, 15) is 13.2 Å². The van der Waals surface area contributed by atoms with Crippen LogP contribution in [0.4, 0.5) is 0 Å². The quantitative estimate of drug-likeness (QED) is 0.498. The number of sulfonamides is 1. The summed E-state index contributed by atoms with van der Waals surface area (Å²) in [4.78, 5) is 12.2. The standard InChI is InChI=1S/C18H20ClNO5S2/c19-15-3-1-4-16(13-15)24-10-11-25-18(21)14-6-8-20(9-7-14)27(22,23)17-5-2-12-26-17/h1-5,12-14H,6-11H2. The van der Waals surface area contributed by atoms with E-state index < -0.39 is 10.0 Å². The Morgan fingerprint density at radius 2 is 1.96 bits per heavy atom. The SMILES string of the molecule is O=C(OCCOc1cccc(Cl)c1)C1CCN(S(=O)(=O)c2cccs2)CC1. The van der Waals surface area contributed by atoms with Gasteiger partial charge < -0.3 is 9.47 Å². The van der Waals surface area contributed by atoms with Crippen molar-refractivity contribution in [2.24, 2.45) is 5.92 Å². The second kappa shape index (κ2) is 9.05. The van der Waals surface area contributed by atoms with Crippen molar-refractivity contribution in [3.63, 3.8) is 0 Å². The summed E-state index contributed by atoms with van der Waals surface area (Å²) in [5.74, 6) is 0.0226. The molecule has 0 unspecified atom stereocenters. The number of thiophene rings is 1. The zero-order chi connectivity index (χ0) is 19.3. The molecule has 0 aliphatic carbocycles. The normalized spacial score (nSPS) is 16.2. The molecular formula is C18H20ClNO5S2. The fourth-order valence-electron chi connectivity index (χ4n) is 2.85. The Morgan fingerprint density at radius 1 is 1.19 bits per heavy atom. The molecule has 0 spiro atoms. The molecule has 1 aliphatic heterocycles. The van der Waals surface area contributed by atoms with E-state index in [1.165, 1.54) is 15.6 Å². The van der Waals surface area contributed by atoms with E-state index in [2.05, 4.69) is 0 Å². The number of rotatable bonds is 7. The van der Waals surface area contributed by atoms with Crippen molar-refractivity contribution in [3.05, 3.63) is 46.8 Å². The molecule has 27 heavy (non-hydrogen) atoms. The van der Waals surface area contributed by atoms with Crippen LogP contribution in [0.1, 0.15) is 12.8 Å². The maximum absolute atomic E-state index is 12.5. The van der Waals surface area contributed by atoms with Gasteiger partial charge in [-0.1, -0.05) is 23.7 Å². The van der Waals surface area contributed by atoms with E-state index in [0.29, 0.717) is 40.9 Å². The molecule has 0 N–H and O–H groups in total. The van der Waals surface area contributed by atoms with Gasteiger partial charge in [-0.05, 0) is 42.5 Å². The molecule has 0 amide bonds. The first-order valence-corrected chi connectivity index (χ1v) is 11.3. The van der Waals surface area contributed by atoms with Crippen LogP contribution >= 0.6 is 22.9 Å². The van der Waals surface area contributed by atoms with Crippen LogP contribution in [0, 0.1) is 5.92 Å². The highest BCUT2D eigenvalue weighted by Gasteiger charge is 2.33. The van der Waals surface area contributed by atoms with Gasteiger partial charge in [0.1, 0.15) is 23.2 Å². The zero-order valence-electron chi connectivity index (χ0n) is 14.5. The topological polar surface area (TPSA) is 72.9 Å². The summed E-state index contributed by atoms with van der Waals surface area (Å²) in [6.07, 6.45) is 0.914. The lowest BCUT2D eigenvalue weighted by atomic mass is 9.98. The molecule has 1 fully saturated rings. The lowest BCUT2D eigenvalue weighted by Gasteiger charge is -2.29. The predicted molar refractivity (Wildman–Crippen MR) is 104 cm³/mol. The van der Waals surface area contributed by atoms with Crippen molar-refractivity contribution in [3.8, 4) is 5.75 Å². The lowest BCUT2D eigenvalue weighted by Crippen LogP contribution is -2.40. The van der Waals surface area contributed by atoms with Gasteiger partial charge in [0, 0.05) is 18.1 Å². The first kappa shape index (κ1) is 20.1. The minimum Gasteiger partial charge on any atom is -0.490 e. The molecule has 6 nitrogen and oxygen atoms in total.